The summed E-state index contributed by atoms with van der Waals surface area (Å²) in [6.45, 7) is 0.800. The molecule has 0 saturated heterocycles. The largest absolute Gasteiger partial charge is 0.304 e. The summed E-state index contributed by atoms with van der Waals surface area (Å²) < 4.78 is 1.04. The summed E-state index contributed by atoms with van der Waals surface area (Å²) in [6.07, 6.45) is 8.22. The van der Waals surface area contributed by atoms with Crippen molar-refractivity contribution in [1.82, 2.24) is 15.3 Å². The lowest BCUT2D eigenvalue weighted by Gasteiger charge is -2.18. The fourth-order valence-electron chi connectivity index (χ4n) is 2.30. The number of hydrogen-bond acceptors (Lipinski definition) is 3. The Bertz CT molecular complexity index is 540. The summed E-state index contributed by atoms with van der Waals surface area (Å²) in [4.78, 5) is 8.62. The normalized spacial score (nSPS) is 16.3. The van der Waals surface area contributed by atoms with Crippen LogP contribution in [-0.2, 0) is 6.54 Å². The van der Waals surface area contributed by atoms with Gasteiger partial charge >= 0.3 is 0 Å². The summed E-state index contributed by atoms with van der Waals surface area (Å²) in [5.74, 6) is 0.736. The van der Waals surface area contributed by atoms with Crippen LogP contribution in [0, 0.1) is 5.92 Å². The third-order valence-corrected chi connectivity index (χ3v) is 3.84. The van der Waals surface area contributed by atoms with Crippen LogP contribution in [0.1, 0.15) is 30.1 Å². The average Bonchev–Trinajstić information content (AvgIpc) is 3.25. The molecule has 4 heteroatoms. The number of pyridine rings is 2. The van der Waals surface area contributed by atoms with Crippen molar-refractivity contribution in [2.75, 3.05) is 0 Å². The first-order chi connectivity index (χ1) is 9.33. The van der Waals surface area contributed by atoms with Gasteiger partial charge in [-0.05, 0) is 58.5 Å². The van der Waals surface area contributed by atoms with Gasteiger partial charge in [0.1, 0.15) is 0 Å². The summed E-state index contributed by atoms with van der Waals surface area (Å²) in [5, 5.41) is 3.62. The molecule has 1 N–H and O–H groups in total. The third kappa shape index (κ3) is 3.39. The molecule has 1 aliphatic rings. The quantitative estimate of drug-likeness (QED) is 0.917. The number of hydrogen-bond donors (Lipinski definition) is 1. The Morgan fingerprint density at radius 1 is 1.32 bits per heavy atom. The minimum atomic E-state index is 0.381. The Kier molecular flexibility index (Phi) is 3.89. The highest BCUT2D eigenvalue weighted by atomic mass is 79.9. The molecule has 0 aromatic carbocycles. The Morgan fingerprint density at radius 2 is 2.21 bits per heavy atom. The zero-order chi connectivity index (χ0) is 13.1. The van der Waals surface area contributed by atoms with E-state index in [0.717, 1.165) is 22.6 Å². The van der Waals surface area contributed by atoms with Gasteiger partial charge in [0.05, 0.1) is 5.69 Å². The predicted octanol–water partition coefficient (Wildman–Crippen LogP) is 3.48. The van der Waals surface area contributed by atoms with Gasteiger partial charge in [0, 0.05) is 35.6 Å². The molecule has 3 nitrogen and oxygen atoms in total. The van der Waals surface area contributed by atoms with Gasteiger partial charge in [0.25, 0.3) is 0 Å². The molecule has 1 saturated carbocycles. The summed E-state index contributed by atoms with van der Waals surface area (Å²) in [7, 11) is 0. The van der Waals surface area contributed by atoms with E-state index in [1.807, 2.05) is 30.7 Å². The van der Waals surface area contributed by atoms with Crippen molar-refractivity contribution >= 4 is 15.9 Å². The van der Waals surface area contributed by atoms with Crippen molar-refractivity contribution in [3.05, 3.63) is 58.6 Å². The van der Waals surface area contributed by atoms with Crippen LogP contribution in [-0.4, -0.2) is 9.97 Å². The maximum Gasteiger partial charge on any atom is 0.0541 e. The van der Waals surface area contributed by atoms with Crippen LogP contribution in [0.3, 0.4) is 0 Å². The van der Waals surface area contributed by atoms with Crippen molar-refractivity contribution in [1.29, 1.82) is 0 Å². The van der Waals surface area contributed by atoms with Crippen molar-refractivity contribution < 1.29 is 0 Å². The molecule has 2 aromatic heterocycles. The Morgan fingerprint density at radius 3 is 2.89 bits per heavy atom. The summed E-state index contributed by atoms with van der Waals surface area (Å²) >= 11 is 3.49. The number of nitrogens with zero attached hydrogens (tertiary/aromatic N) is 2. The number of rotatable bonds is 5. The third-order valence-electron chi connectivity index (χ3n) is 3.41. The molecule has 0 bridgehead atoms. The lowest BCUT2D eigenvalue weighted by molar-refractivity contribution is 0.475. The molecule has 3 rings (SSSR count). The predicted molar refractivity (Wildman–Crippen MR) is 78.5 cm³/mol. The minimum Gasteiger partial charge on any atom is -0.304 e. The van der Waals surface area contributed by atoms with Gasteiger partial charge in [0.15, 0.2) is 0 Å². The van der Waals surface area contributed by atoms with Gasteiger partial charge in [-0.25, -0.2) is 0 Å². The van der Waals surface area contributed by atoms with E-state index in [0.29, 0.717) is 6.04 Å². The first kappa shape index (κ1) is 12.8. The lowest BCUT2D eigenvalue weighted by atomic mass is 10.0. The highest BCUT2D eigenvalue weighted by Gasteiger charge is 2.32. The molecule has 0 radical (unpaired) electrons. The molecule has 2 heterocycles. The summed E-state index contributed by atoms with van der Waals surface area (Å²) in [5.41, 5.74) is 2.34. The minimum absolute atomic E-state index is 0.381. The second-order valence-electron chi connectivity index (χ2n) is 4.95. The first-order valence-corrected chi connectivity index (χ1v) is 7.36. The maximum absolute atomic E-state index is 4.35. The van der Waals surface area contributed by atoms with Crippen LogP contribution in [0.15, 0.2) is 47.3 Å². The fraction of sp³-hybridized carbons (Fsp3) is 0.333. The molecule has 98 valence electrons. The SMILES string of the molecule is Brc1cncc([C@@H](NCc2ccccn2)C2CC2)c1. The fourth-order valence-corrected chi connectivity index (χ4v) is 2.68. The standard InChI is InChI=1S/C15H16BrN3/c16-13-7-12(8-17-9-13)15(11-4-5-11)19-10-14-3-1-2-6-18-14/h1-3,6-9,11,15,19H,4-5,10H2/t15-/m0/s1. The van der Waals surface area contributed by atoms with Crippen LogP contribution >= 0.6 is 15.9 Å². The van der Waals surface area contributed by atoms with Crippen LogP contribution in [0.5, 0.6) is 0 Å². The van der Waals surface area contributed by atoms with E-state index in [2.05, 4.69) is 43.3 Å². The molecule has 1 fully saturated rings. The van der Waals surface area contributed by atoms with Crippen LogP contribution in [0.25, 0.3) is 0 Å². The van der Waals surface area contributed by atoms with Gasteiger partial charge < -0.3 is 5.32 Å². The van der Waals surface area contributed by atoms with Crippen molar-refractivity contribution in [2.24, 2.45) is 5.92 Å². The van der Waals surface area contributed by atoms with E-state index in [1.54, 1.807) is 0 Å². The van der Waals surface area contributed by atoms with Crippen molar-refractivity contribution in [3.63, 3.8) is 0 Å². The van der Waals surface area contributed by atoms with Gasteiger partial charge in [0.2, 0.25) is 0 Å². The Labute approximate surface area is 121 Å². The van der Waals surface area contributed by atoms with Crippen LogP contribution in [0.2, 0.25) is 0 Å². The molecule has 0 aliphatic heterocycles. The summed E-state index contributed by atoms with van der Waals surface area (Å²) in [6, 6.07) is 8.56. The number of nitrogens with one attached hydrogen (secondary N) is 1. The molecule has 19 heavy (non-hydrogen) atoms. The van der Waals surface area contributed by atoms with Gasteiger partial charge in [-0.15, -0.1) is 0 Å². The van der Waals surface area contributed by atoms with E-state index in [4.69, 9.17) is 0 Å². The number of aromatic nitrogens is 2. The highest BCUT2D eigenvalue weighted by molar-refractivity contribution is 9.10. The topological polar surface area (TPSA) is 37.8 Å². The van der Waals surface area contributed by atoms with Crippen LogP contribution < -0.4 is 5.32 Å². The van der Waals surface area contributed by atoms with E-state index >= 15 is 0 Å². The zero-order valence-corrected chi connectivity index (χ0v) is 12.2. The van der Waals surface area contributed by atoms with Crippen molar-refractivity contribution in [2.45, 2.75) is 25.4 Å². The first-order valence-electron chi connectivity index (χ1n) is 6.56. The van der Waals surface area contributed by atoms with E-state index in [9.17, 15) is 0 Å². The van der Waals surface area contributed by atoms with Gasteiger partial charge in [-0.1, -0.05) is 6.07 Å². The maximum atomic E-state index is 4.35. The van der Waals surface area contributed by atoms with Crippen molar-refractivity contribution in [3.8, 4) is 0 Å². The molecule has 2 aromatic rings. The molecule has 0 spiro atoms. The average molecular weight is 318 g/mol. The Balaban J connectivity index is 1.71. The van der Waals surface area contributed by atoms with Gasteiger partial charge in [-0.2, -0.15) is 0 Å². The highest BCUT2D eigenvalue weighted by Crippen LogP contribution is 2.41. The Hall–Kier alpha value is -1.26. The monoisotopic (exact) mass is 317 g/mol. The molecular formula is C15H16BrN3. The second kappa shape index (κ2) is 5.80. The molecule has 1 atom stereocenters. The second-order valence-corrected chi connectivity index (χ2v) is 5.87. The number of halogens is 1. The molecular weight excluding hydrogens is 302 g/mol. The van der Waals surface area contributed by atoms with E-state index in [1.165, 1.54) is 18.4 Å². The molecule has 0 unspecified atom stereocenters. The van der Waals surface area contributed by atoms with Crippen LogP contribution in [0.4, 0.5) is 0 Å². The lowest BCUT2D eigenvalue weighted by Crippen LogP contribution is -2.23. The van der Waals surface area contributed by atoms with E-state index in [-0.39, 0.29) is 0 Å². The molecule has 1 aliphatic carbocycles. The van der Waals surface area contributed by atoms with Gasteiger partial charge in [-0.3, -0.25) is 9.97 Å². The van der Waals surface area contributed by atoms with E-state index < -0.39 is 0 Å². The molecule has 0 amide bonds. The zero-order valence-electron chi connectivity index (χ0n) is 10.6. The smallest absolute Gasteiger partial charge is 0.0541 e.